The second-order valence-corrected chi connectivity index (χ2v) is 2.73. The summed E-state index contributed by atoms with van der Waals surface area (Å²) in [4.78, 5) is 9.89. The fourth-order valence-corrected chi connectivity index (χ4v) is 0.783. The third-order valence-electron chi connectivity index (χ3n) is 0.684. The lowest BCUT2D eigenvalue weighted by molar-refractivity contribution is -0.135. The predicted molar refractivity (Wildman–Crippen MR) is 38.6 cm³/mol. The zero-order valence-corrected chi connectivity index (χ0v) is 6.20. The highest BCUT2D eigenvalue weighted by Crippen LogP contribution is 1.92. The quantitative estimate of drug-likeness (QED) is 0.438. The summed E-state index contributed by atoms with van der Waals surface area (Å²) in [5.74, 6) is 0.946. The number of carbonyl (C=O) groups is 1. The van der Waals surface area contributed by atoms with Gasteiger partial charge in [0.1, 0.15) is 0 Å². The second kappa shape index (κ2) is 5.91. The van der Waals surface area contributed by atoms with E-state index in [0.29, 0.717) is 0 Å². The van der Waals surface area contributed by atoms with Gasteiger partial charge in [-0.25, -0.2) is 0 Å². The standard InChI is InChI=1S/C5H11NO2S/c1-2-9-4-6-3-5(7)8/h6H,2-4H2,1H3,(H,7,8). The van der Waals surface area contributed by atoms with Crippen LogP contribution in [0.5, 0.6) is 0 Å². The Bertz CT molecular complexity index is 87.0. The van der Waals surface area contributed by atoms with Gasteiger partial charge < -0.3 is 5.11 Å². The Morgan fingerprint density at radius 3 is 2.89 bits per heavy atom. The van der Waals surface area contributed by atoms with E-state index in [4.69, 9.17) is 5.11 Å². The van der Waals surface area contributed by atoms with Gasteiger partial charge >= 0.3 is 5.97 Å². The number of carboxylic acid groups (broad SMARTS) is 1. The van der Waals surface area contributed by atoms with E-state index in [1.807, 2.05) is 6.92 Å². The number of nitrogens with one attached hydrogen (secondary N) is 1. The summed E-state index contributed by atoms with van der Waals surface area (Å²) in [5, 5.41) is 10.9. The molecule has 0 aliphatic carbocycles. The first-order chi connectivity index (χ1) is 4.27. The fraction of sp³-hybridized carbons (Fsp3) is 0.800. The maximum Gasteiger partial charge on any atom is 0.317 e. The summed E-state index contributed by atoms with van der Waals surface area (Å²) < 4.78 is 0. The maximum atomic E-state index is 9.89. The minimum Gasteiger partial charge on any atom is -0.480 e. The molecule has 4 heteroatoms. The van der Waals surface area contributed by atoms with E-state index in [2.05, 4.69) is 5.32 Å². The van der Waals surface area contributed by atoms with Crippen LogP contribution >= 0.6 is 11.8 Å². The molecule has 0 aliphatic rings. The van der Waals surface area contributed by atoms with E-state index in [1.165, 1.54) is 0 Å². The first-order valence-electron chi connectivity index (χ1n) is 2.77. The molecule has 0 saturated heterocycles. The molecule has 0 unspecified atom stereocenters. The van der Waals surface area contributed by atoms with Crippen molar-refractivity contribution in [3.63, 3.8) is 0 Å². The predicted octanol–water partition coefficient (Wildman–Crippen LogP) is 0.371. The Kier molecular flexibility index (Phi) is 5.76. The average Bonchev–Trinajstić information content (AvgIpc) is 1.80. The topological polar surface area (TPSA) is 49.3 Å². The highest BCUT2D eigenvalue weighted by molar-refractivity contribution is 7.99. The Morgan fingerprint density at radius 2 is 2.44 bits per heavy atom. The van der Waals surface area contributed by atoms with Gasteiger partial charge in [0.2, 0.25) is 0 Å². The molecule has 0 amide bonds. The molecular weight excluding hydrogens is 138 g/mol. The van der Waals surface area contributed by atoms with E-state index in [9.17, 15) is 4.79 Å². The molecule has 0 heterocycles. The summed E-state index contributed by atoms with van der Waals surface area (Å²) in [6.07, 6.45) is 0. The maximum absolute atomic E-state index is 9.89. The van der Waals surface area contributed by atoms with Crippen LogP contribution in [0.1, 0.15) is 6.92 Å². The second-order valence-electron chi connectivity index (χ2n) is 1.46. The Labute approximate surface area is 58.8 Å². The van der Waals surface area contributed by atoms with Gasteiger partial charge in [-0.15, -0.1) is 11.8 Å². The van der Waals surface area contributed by atoms with E-state index in [0.717, 1.165) is 11.6 Å². The molecule has 0 fully saturated rings. The Balaban J connectivity index is 2.83. The van der Waals surface area contributed by atoms with Crippen LogP contribution in [0, 0.1) is 0 Å². The van der Waals surface area contributed by atoms with Crippen LogP contribution in [0.2, 0.25) is 0 Å². The summed E-state index contributed by atoms with van der Waals surface area (Å²) in [5.41, 5.74) is 0. The number of thioether (sulfide) groups is 1. The van der Waals surface area contributed by atoms with Crippen LogP contribution in [-0.4, -0.2) is 29.3 Å². The zero-order chi connectivity index (χ0) is 7.11. The lowest BCUT2D eigenvalue weighted by atomic mass is 10.7. The van der Waals surface area contributed by atoms with Crippen molar-refractivity contribution in [2.45, 2.75) is 6.92 Å². The van der Waals surface area contributed by atoms with Crippen molar-refractivity contribution in [2.75, 3.05) is 18.2 Å². The molecule has 0 radical (unpaired) electrons. The lowest BCUT2D eigenvalue weighted by Crippen LogP contribution is -2.21. The number of rotatable bonds is 5. The first-order valence-corrected chi connectivity index (χ1v) is 3.93. The van der Waals surface area contributed by atoms with E-state index < -0.39 is 5.97 Å². The van der Waals surface area contributed by atoms with Gasteiger partial charge in [-0.1, -0.05) is 6.92 Å². The smallest absolute Gasteiger partial charge is 0.317 e. The number of carboxylic acids is 1. The summed E-state index contributed by atoms with van der Waals surface area (Å²) in [7, 11) is 0. The SMILES string of the molecule is CCSCNCC(=O)O. The van der Waals surface area contributed by atoms with Gasteiger partial charge in [0.05, 0.1) is 6.54 Å². The van der Waals surface area contributed by atoms with E-state index in [1.54, 1.807) is 11.8 Å². The lowest BCUT2D eigenvalue weighted by Gasteiger charge is -1.96. The molecule has 0 aliphatic heterocycles. The monoisotopic (exact) mass is 149 g/mol. The molecule has 0 bridgehead atoms. The highest BCUT2D eigenvalue weighted by Gasteiger charge is 1.92. The van der Waals surface area contributed by atoms with Crippen molar-refractivity contribution in [2.24, 2.45) is 0 Å². The van der Waals surface area contributed by atoms with Crippen molar-refractivity contribution in [3.05, 3.63) is 0 Å². The van der Waals surface area contributed by atoms with Crippen LogP contribution < -0.4 is 5.32 Å². The molecule has 54 valence electrons. The van der Waals surface area contributed by atoms with Crippen LogP contribution in [0.3, 0.4) is 0 Å². The molecule has 0 rings (SSSR count). The number of hydrogen-bond acceptors (Lipinski definition) is 3. The minimum atomic E-state index is -0.799. The molecule has 0 aromatic rings. The molecule has 9 heavy (non-hydrogen) atoms. The molecule has 3 nitrogen and oxygen atoms in total. The van der Waals surface area contributed by atoms with Crippen molar-refractivity contribution < 1.29 is 9.90 Å². The number of hydrogen-bond donors (Lipinski definition) is 2. The van der Waals surface area contributed by atoms with E-state index in [-0.39, 0.29) is 6.54 Å². The summed E-state index contributed by atoms with van der Waals surface area (Å²) in [6.45, 7) is 2.10. The Morgan fingerprint density at radius 1 is 1.78 bits per heavy atom. The van der Waals surface area contributed by atoms with Crippen molar-refractivity contribution in [1.29, 1.82) is 0 Å². The third kappa shape index (κ3) is 7.78. The van der Waals surface area contributed by atoms with Crippen LogP contribution in [0.15, 0.2) is 0 Å². The van der Waals surface area contributed by atoms with Crippen LogP contribution in [-0.2, 0) is 4.79 Å². The van der Waals surface area contributed by atoms with Crippen molar-refractivity contribution in [1.82, 2.24) is 5.32 Å². The minimum absolute atomic E-state index is 0.0625. The van der Waals surface area contributed by atoms with Gasteiger partial charge in [0.25, 0.3) is 0 Å². The zero-order valence-electron chi connectivity index (χ0n) is 5.39. The van der Waals surface area contributed by atoms with Crippen molar-refractivity contribution in [3.8, 4) is 0 Å². The number of aliphatic carboxylic acids is 1. The summed E-state index contributed by atoms with van der Waals surface area (Å²) in [6, 6.07) is 0. The normalized spacial score (nSPS) is 9.44. The third-order valence-corrected chi connectivity index (χ3v) is 1.50. The summed E-state index contributed by atoms with van der Waals surface area (Å²) >= 11 is 1.68. The largest absolute Gasteiger partial charge is 0.480 e. The van der Waals surface area contributed by atoms with Crippen LogP contribution in [0.4, 0.5) is 0 Å². The van der Waals surface area contributed by atoms with Crippen LogP contribution in [0.25, 0.3) is 0 Å². The fourth-order valence-electron chi connectivity index (χ4n) is 0.332. The first kappa shape index (κ1) is 8.78. The molecular formula is C5H11NO2S. The molecule has 0 spiro atoms. The molecule has 0 aromatic heterocycles. The Hall–Kier alpha value is -0.220. The van der Waals surface area contributed by atoms with Gasteiger partial charge in [0.15, 0.2) is 0 Å². The molecule has 0 saturated carbocycles. The van der Waals surface area contributed by atoms with Crippen molar-refractivity contribution >= 4 is 17.7 Å². The van der Waals surface area contributed by atoms with Gasteiger partial charge in [-0.05, 0) is 5.75 Å². The molecule has 0 aromatic carbocycles. The highest BCUT2D eigenvalue weighted by atomic mass is 32.2. The van der Waals surface area contributed by atoms with Gasteiger partial charge in [0, 0.05) is 5.88 Å². The molecule has 0 atom stereocenters. The molecule has 2 N–H and O–H groups in total. The van der Waals surface area contributed by atoms with Gasteiger partial charge in [-0.2, -0.15) is 0 Å². The van der Waals surface area contributed by atoms with E-state index >= 15 is 0 Å². The van der Waals surface area contributed by atoms with Gasteiger partial charge in [-0.3, -0.25) is 10.1 Å². The average molecular weight is 149 g/mol.